The van der Waals surface area contributed by atoms with Crippen LogP contribution in [0.5, 0.6) is 0 Å². The predicted octanol–water partition coefficient (Wildman–Crippen LogP) is 3.95. The summed E-state index contributed by atoms with van der Waals surface area (Å²) in [6, 6.07) is 7.27. The first-order chi connectivity index (χ1) is 7.58. The van der Waals surface area contributed by atoms with Gasteiger partial charge in [0, 0.05) is 21.7 Å². The van der Waals surface area contributed by atoms with E-state index in [1.165, 1.54) is 0 Å². The molecule has 0 spiro atoms. The summed E-state index contributed by atoms with van der Waals surface area (Å²) in [7, 11) is 0. The van der Waals surface area contributed by atoms with E-state index < -0.39 is 0 Å². The molecule has 0 saturated carbocycles. The molecule has 0 amide bonds. The van der Waals surface area contributed by atoms with E-state index in [-0.39, 0.29) is 12.1 Å². The first-order valence-corrected chi connectivity index (χ1v) is 5.94. The summed E-state index contributed by atoms with van der Waals surface area (Å²) in [4.78, 5) is 0. The molecule has 86 valence electrons. The molecule has 0 aliphatic heterocycles. The van der Waals surface area contributed by atoms with Crippen molar-refractivity contribution in [2.45, 2.75) is 32.4 Å². The number of hydrogen-bond acceptors (Lipinski definition) is 2. The van der Waals surface area contributed by atoms with Crippen molar-refractivity contribution in [3.05, 3.63) is 33.8 Å². The molecule has 0 aliphatic rings. The number of benzene rings is 1. The summed E-state index contributed by atoms with van der Waals surface area (Å²) in [5.41, 5.74) is 0.772. The third-order valence-electron chi connectivity index (χ3n) is 2.47. The van der Waals surface area contributed by atoms with Crippen LogP contribution in [0.1, 0.15) is 31.9 Å². The zero-order chi connectivity index (χ0) is 12.1. The number of nitriles is 1. The van der Waals surface area contributed by atoms with Gasteiger partial charge in [0.15, 0.2) is 0 Å². The largest absolute Gasteiger partial charge is 0.296 e. The molecular weight excluding hydrogens is 243 g/mol. The smallest absolute Gasteiger partial charge is 0.123 e. The van der Waals surface area contributed by atoms with Gasteiger partial charge in [-0.1, -0.05) is 36.2 Å². The molecule has 1 rings (SSSR count). The quantitative estimate of drug-likeness (QED) is 0.886. The summed E-state index contributed by atoms with van der Waals surface area (Å²) >= 11 is 11.9. The van der Waals surface area contributed by atoms with Crippen molar-refractivity contribution >= 4 is 23.2 Å². The van der Waals surface area contributed by atoms with E-state index in [1.54, 1.807) is 18.2 Å². The number of hydrogen-bond donors (Lipinski definition) is 1. The maximum absolute atomic E-state index is 9.11. The summed E-state index contributed by atoms with van der Waals surface area (Å²) in [5.74, 6) is 0. The van der Waals surface area contributed by atoms with Crippen molar-refractivity contribution in [2.75, 3.05) is 0 Å². The second kappa shape index (κ2) is 6.10. The first kappa shape index (κ1) is 13.3. The minimum atomic E-state index is -0.389. The lowest BCUT2D eigenvalue weighted by Gasteiger charge is -2.18. The highest BCUT2D eigenvalue weighted by Crippen LogP contribution is 2.26. The van der Waals surface area contributed by atoms with Gasteiger partial charge in [0.2, 0.25) is 0 Å². The molecule has 1 N–H and O–H groups in total. The molecule has 2 nitrogen and oxygen atoms in total. The lowest BCUT2D eigenvalue weighted by Crippen LogP contribution is -2.29. The molecule has 0 heterocycles. The second-order valence-corrected chi connectivity index (χ2v) is 4.55. The van der Waals surface area contributed by atoms with E-state index in [2.05, 4.69) is 18.3 Å². The summed E-state index contributed by atoms with van der Waals surface area (Å²) in [6.45, 7) is 4.10. The van der Waals surface area contributed by atoms with E-state index in [0.717, 1.165) is 12.0 Å². The van der Waals surface area contributed by atoms with Crippen LogP contribution in [0.2, 0.25) is 10.0 Å². The van der Waals surface area contributed by atoms with Gasteiger partial charge in [-0.25, -0.2) is 0 Å². The van der Waals surface area contributed by atoms with Crippen molar-refractivity contribution in [2.24, 2.45) is 0 Å². The molecule has 4 heteroatoms. The van der Waals surface area contributed by atoms with Gasteiger partial charge in [0.1, 0.15) is 6.04 Å². The molecule has 0 fully saturated rings. The molecular formula is C12H14Cl2N2. The van der Waals surface area contributed by atoms with Crippen molar-refractivity contribution < 1.29 is 0 Å². The van der Waals surface area contributed by atoms with E-state index in [1.807, 2.05) is 6.92 Å². The Labute approximate surface area is 106 Å². The van der Waals surface area contributed by atoms with Gasteiger partial charge >= 0.3 is 0 Å². The minimum absolute atomic E-state index is 0.274. The topological polar surface area (TPSA) is 35.8 Å². The monoisotopic (exact) mass is 256 g/mol. The molecule has 16 heavy (non-hydrogen) atoms. The summed E-state index contributed by atoms with van der Waals surface area (Å²) in [5, 5.41) is 13.4. The Kier molecular flexibility index (Phi) is 5.08. The fraction of sp³-hybridized carbons (Fsp3) is 0.417. The molecule has 0 radical (unpaired) electrons. The Bertz CT molecular complexity index is 398. The third kappa shape index (κ3) is 3.38. The lowest BCUT2D eigenvalue weighted by atomic mass is 10.1. The fourth-order valence-electron chi connectivity index (χ4n) is 1.33. The molecule has 1 aromatic rings. The van der Waals surface area contributed by atoms with Crippen LogP contribution in [0, 0.1) is 11.3 Å². The van der Waals surface area contributed by atoms with Gasteiger partial charge in [-0.05, 0) is 25.5 Å². The highest BCUT2D eigenvalue weighted by atomic mass is 35.5. The van der Waals surface area contributed by atoms with E-state index in [9.17, 15) is 0 Å². The Hall–Kier alpha value is -0.750. The van der Waals surface area contributed by atoms with Gasteiger partial charge in [0.25, 0.3) is 0 Å². The highest BCUT2D eigenvalue weighted by Gasteiger charge is 2.15. The van der Waals surface area contributed by atoms with Crippen LogP contribution >= 0.6 is 23.2 Å². The van der Waals surface area contributed by atoms with E-state index in [4.69, 9.17) is 28.5 Å². The summed E-state index contributed by atoms with van der Waals surface area (Å²) in [6.07, 6.45) is 0.962. The van der Waals surface area contributed by atoms with Gasteiger partial charge in [-0.2, -0.15) is 5.26 Å². The van der Waals surface area contributed by atoms with Crippen LogP contribution in [0.4, 0.5) is 0 Å². The fourth-order valence-corrected chi connectivity index (χ4v) is 1.85. The predicted molar refractivity (Wildman–Crippen MR) is 67.7 cm³/mol. The second-order valence-electron chi connectivity index (χ2n) is 3.70. The Morgan fingerprint density at radius 3 is 2.62 bits per heavy atom. The van der Waals surface area contributed by atoms with Crippen molar-refractivity contribution in [1.29, 1.82) is 5.26 Å². The van der Waals surface area contributed by atoms with Gasteiger partial charge in [-0.3, -0.25) is 5.32 Å². The molecule has 0 aromatic heterocycles. The number of rotatable bonds is 4. The SMILES string of the molecule is CCC(C)NC(C#N)c1ccc(Cl)cc1Cl. The summed E-state index contributed by atoms with van der Waals surface area (Å²) < 4.78 is 0. The van der Waals surface area contributed by atoms with E-state index in [0.29, 0.717) is 10.0 Å². The molecule has 1 aromatic carbocycles. The maximum atomic E-state index is 9.11. The number of nitrogens with one attached hydrogen (secondary N) is 1. The normalized spacial score (nSPS) is 14.2. The Morgan fingerprint density at radius 1 is 1.44 bits per heavy atom. The standard InChI is InChI=1S/C12H14Cl2N2/c1-3-8(2)16-12(7-15)10-5-4-9(13)6-11(10)14/h4-6,8,12,16H,3H2,1-2H3. The van der Waals surface area contributed by atoms with Crippen LogP contribution in [0.25, 0.3) is 0 Å². The van der Waals surface area contributed by atoms with Crippen LogP contribution in [0.15, 0.2) is 18.2 Å². The first-order valence-electron chi connectivity index (χ1n) is 5.19. The van der Waals surface area contributed by atoms with Crippen LogP contribution in [-0.4, -0.2) is 6.04 Å². The molecule has 0 bridgehead atoms. The maximum Gasteiger partial charge on any atom is 0.123 e. The van der Waals surface area contributed by atoms with Crippen LogP contribution < -0.4 is 5.32 Å². The zero-order valence-corrected chi connectivity index (χ0v) is 10.8. The highest BCUT2D eigenvalue weighted by molar-refractivity contribution is 6.35. The van der Waals surface area contributed by atoms with Crippen LogP contribution in [-0.2, 0) is 0 Å². The van der Waals surface area contributed by atoms with Crippen molar-refractivity contribution in [3.8, 4) is 6.07 Å². The van der Waals surface area contributed by atoms with Gasteiger partial charge < -0.3 is 0 Å². The number of halogens is 2. The lowest BCUT2D eigenvalue weighted by molar-refractivity contribution is 0.501. The Balaban J connectivity index is 2.92. The van der Waals surface area contributed by atoms with Crippen molar-refractivity contribution in [3.63, 3.8) is 0 Å². The molecule has 0 saturated heterocycles. The van der Waals surface area contributed by atoms with E-state index >= 15 is 0 Å². The van der Waals surface area contributed by atoms with Gasteiger partial charge in [0.05, 0.1) is 6.07 Å². The minimum Gasteiger partial charge on any atom is -0.296 e. The number of nitrogens with zero attached hydrogens (tertiary/aromatic N) is 1. The zero-order valence-electron chi connectivity index (χ0n) is 9.30. The average molecular weight is 257 g/mol. The molecule has 0 aliphatic carbocycles. The van der Waals surface area contributed by atoms with Gasteiger partial charge in [-0.15, -0.1) is 0 Å². The molecule has 2 atom stereocenters. The third-order valence-corrected chi connectivity index (χ3v) is 3.03. The van der Waals surface area contributed by atoms with Crippen molar-refractivity contribution in [1.82, 2.24) is 5.32 Å². The average Bonchev–Trinajstić information content (AvgIpc) is 2.26. The molecule has 2 unspecified atom stereocenters. The van der Waals surface area contributed by atoms with Crippen LogP contribution in [0.3, 0.4) is 0 Å². The Morgan fingerprint density at radius 2 is 2.12 bits per heavy atom.